The van der Waals surface area contributed by atoms with Gasteiger partial charge >= 0.3 is 0 Å². The molecule has 1 rings (SSSR count). The Kier molecular flexibility index (Phi) is 2.86. The summed E-state index contributed by atoms with van der Waals surface area (Å²) < 4.78 is 3.37. The van der Waals surface area contributed by atoms with Gasteiger partial charge in [0.05, 0.1) is 0 Å². The Balaban J connectivity index is 2.91. The molecule has 2 heteroatoms. The fourth-order valence-electron chi connectivity index (χ4n) is 0.743. The molecule has 0 spiro atoms. The molecule has 1 nitrogen and oxygen atoms in total. The van der Waals surface area contributed by atoms with E-state index >= 15 is 0 Å². The molecular weight excluding hydrogens is 237 g/mol. The van der Waals surface area contributed by atoms with Crippen molar-refractivity contribution in [2.75, 3.05) is 0 Å². The van der Waals surface area contributed by atoms with Gasteiger partial charge in [0.1, 0.15) is 0 Å². The molecule has 0 aromatic carbocycles. The zero-order chi connectivity index (χ0) is 7.40. The molecule has 0 bridgehead atoms. The summed E-state index contributed by atoms with van der Waals surface area (Å²) in [4.78, 5) is 0. The standard InChI is InChI=1S/C8H9IN/c1-2-6-10-7-4-3-5-8(10)9/h2-5,7H,1,6H2/q+1. The maximum absolute atomic E-state index is 3.67. The molecule has 1 aromatic heterocycles. The van der Waals surface area contributed by atoms with E-state index in [1.54, 1.807) is 0 Å². The van der Waals surface area contributed by atoms with E-state index in [9.17, 15) is 0 Å². The van der Waals surface area contributed by atoms with Crippen molar-refractivity contribution in [2.45, 2.75) is 6.54 Å². The van der Waals surface area contributed by atoms with Gasteiger partial charge < -0.3 is 0 Å². The van der Waals surface area contributed by atoms with Crippen LogP contribution in [0.4, 0.5) is 0 Å². The predicted molar refractivity (Wildman–Crippen MR) is 49.6 cm³/mol. The van der Waals surface area contributed by atoms with Gasteiger partial charge in [-0.3, -0.25) is 0 Å². The van der Waals surface area contributed by atoms with Crippen LogP contribution < -0.4 is 4.57 Å². The first-order valence-corrected chi connectivity index (χ1v) is 4.17. The summed E-state index contributed by atoms with van der Waals surface area (Å²) in [5.41, 5.74) is 0. The first-order chi connectivity index (χ1) is 4.84. The van der Waals surface area contributed by atoms with Crippen LogP contribution in [0.5, 0.6) is 0 Å². The number of rotatable bonds is 2. The molecule has 0 amide bonds. The first-order valence-electron chi connectivity index (χ1n) is 3.09. The van der Waals surface area contributed by atoms with E-state index in [2.05, 4.69) is 39.8 Å². The minimum absolute atomic E-state index is 0.888. The number of allylic oxidation sites excluding steroid dienone is 1. The fraction of sp³-hybridized carbons (Fsp3) is 0.125. The van der Waals surface area contributed by atoms with Crippen molar-refractivity contribution in [2.24, 2.45) is 0 Å². The number of hydrogen-bond donors (Lipinski definition) is 0. The van der Waals surface area contributed by atoms with E-state index in [0.29, 0.717) is 0 Å². The maximum atomic E-state index is 3.67. The number of hydrogen-bond acceptors (Lipinski definition) is 0. The number of halogens is 1. The van der Waals surface area contributed by atoms with Crippen molar-refractivity contribution < 1.29 is 4.57 Å². The van der Waals surface area contributed by atoms with Crippen molar-refractivity contribution in [3.8, 4) is 0 Å². The summed E-state index contributed by atoms with van der Waals surface area (Å²) in [6.07, 6.45) is 3.94. The number of nitrogens with zero attached hydrogens (tertiary/aromatic N) is 1. The van der Waals surface area contributed by atoms with Crippen molar-refractivity contribution in [1.82, 2.24) is 0 Å². The normalized spacial score (nSPS) is 9.30. The van der Waals surface area contributed by atoms with Gasteiger partial charge in [-0.25, -0.2) is 0 Å². The van der Waals surface area contributed by atoms with Crippen LogP contribution in [0.15, 0.2) is 37.1 Å². The van der Waals surface area contributed by atoms with Gasteiger partial charge in [-0.2, -0.15) is 4.57 Å². The maximum Gasteiger partial charge on any atom is 0.241 e. The summed E-state index contributed by atoms with van der Waals surface area (Å²) in [6, 6.07) is 6.12. The highest BCUT2D eigenvalue weighted by Crippen LogP contribution is 1.94. The third-order valence-electron chi connectivity index (χ3n) is 1.21. The van der Waals surface area contributed by atoms with E-state index in [1.807, 2.05) is 24.4 Å². The summed E-state index contributed by atoms with van der Waals surface area (Å²) in [6.45, 7) is 4.56. The van der Waals surface area contributed by atoms with Crippen LogP contribution in [0.3, 0.4) is 0 Å². The molecule has 0 saturated heterocycles. The van der Waals surface area contributed by atoms with Crippen LogP contribution in [0.2, 0.25) is 0 Å². The van der Waals surface area contributed by atoms with Crippen LogP contribution in [-0.2, 0) is 6.54 Å². The molecule has 0 N–H and O–H groups in total. The molecule has 1 heterocycles. The Morgan fingerprint density at radius 1 is 1.60 bits per heavy atom. The summed E-state index contributed by atoms with van der Waals surface area (Å²) in [5, 5.41) is 0. The monoisotopic (exact) mass is 246 g/mol. The smallest absolute Gasteiger partial charge is 0.190 e. The second kappa shape index (κ2) is 3.71. The van der Waals surface area contributed by atoms with Crippen LogP contribution in [0.1, 0.15) is 0 Å². The number of pyridine rings is 1. The molecule has 0 radical (unpaired) electrons. The Bertz CT molecular complexity index is 232. The van der Waals surface area contributed by atoms with Crippen LogP contribution in [-0.4, -0.2) is 0 Å². The van der Waals surface area contributed by atoms with Gasteiger partial charge in [-0.15, -0.1) is 0 Å². The van der Waals surface area contributed by atoms with Crippen LogP contribution in [0.25, 0.3) is 0 Å². The van der Waals surface area contributed by atoms with Crippen molar-refractivity contribution in [1.29, 1.82) is 0 Å². The minimum atomic E-state index is 0.888. The van der Waals surface area contributed by atoms with Crippen molar-refractivity contribution in [3.05, 3.63) is 40.8 Å². The Morgan fingerprint density at radius 2 is 2.40 bits per heavy atom. The SMILES string of the molecule is C=CC[n+]1ccccc1I. The van der Waals surface area contributed by atoms with Gasteiger partial charge in [-0.05, 0) is 12.1 Å². The molecule has 0 atom stereocenters. The first kappa shape index (κ1) is 7.72. The van der Waals surface area contributed by atoms with E-state index < -0.39 is 0 Å². The second-order valence-electron chi connectivity index (χ2n) is 1.96. The predicted octanol–water partition coefficient (Wildman–Crippen LogP) is 1.76. The Hall–Kier alpha value is -0.380. The molecule has 0 aliphatic carbocycles. The zero-order valence-electron chi connectivity index (χ0n) is 5.63. The fourth-order valence-corrected chi connectivity index (χ4v) is 1.31. The molecule has 52 valence electrons. The lowest BCUT2D eigenvalue weighted by Gasteiger charge is -1.91. The average Bonchev–Trinajstić information content (AvgIpc) is 1.94. The highest BCUT2D eigenvalue weighted by Gasteiger charge is 2.00. The number of aromatic nitrogens is 1. The van der Waals surface area contributed by atoms with Crippen molar-refractivity contribution in [3.63, 3.8) is 0 Å². The van der Waals surface area contributed by atoms with E-state index in [-0.39, 0.29) is 0 Å². The largest absolute Gasteiger partial charge is 0.241 e. The van der Waals surface area contributed by atoms with Gasteiger partial charge in [0.25, 0.3) is 0 Å². The third-order valence-corrected chi connectivity index (χ3v) is 2.19. The summed E-state index contributed by atoms with van der Waals surface area (Å²) in [7, 11) is 0. The quantitative estimate of drug-likeness (QED) is 0.324. The van der Waals surface area contributed by atoms with Gasteiger partial charge in [0.2, 0.25) is 3.70 Å². The molecule has 0 aliphatic rings. The van der Waals surface area contributed by atoms with E-state index in [1.165, 1.54) is 3.70 Å². The lowest BCUT2D eigenvalue weighted by atomic mass is 10.5. The molecule has 0 fully saturated rings. The summed E-state index contributed by atoms with van der Waals surface area (Å²) in [5.74, 6) is 0. The second-order valence-corrected chi connectivity index (χ2v) is 3.07. The molecule has 0 aliphatic heterocycles. The van der Waals surface area contributed by atoms with Crippen LogP contribution in [0, 0.1) is 3.70 Å². The van der Waals surface area contributed by atoms with Gasteiger partial charge in [0.15, 0.2) is 12.7 Å². The van der Waals surface area contributed by atoms with Crippen LogP contribution >= 0.6 is 22.6 Å². The van der Waals surface area contributed by atoms with Gasteiger partial charge in [-0.1, -0.05) is 6.58 Å². The lowest BCUT2D eigenvalue weighted by Crippen LogP contribution is -2.35. The van der Waals surface area contributed by atoms with E-state index in [0.717, 1.165) is 6.54 Å². The van der Waals surface area contributed by atoms with Crippen molar-refractivity contribution >= 4 is 22.6 Å². The zero-order valence-corrected chi connectivity index (χ0v) is 7.78. The van der Waals surface area contributed by atoms with Gasteiger partial charge in [0, 0.05) is 34.7 Å². The molecule has 0 unspecified atom stereocenters. The molecule has 10 heavy (non-hydrogen) atoms. The summed E-state index contributed by atoms with van der Waals surface area (Å²) >= 11 is 2.30. The molecule has 0 saturated carbocycles. The molecular formula is C8H9IN+. The lowest BCUT2D eigenvalue weighted by molar-refractivity contribution is -0.699. The third kappa shape index (κ3) is 1.80. The van der Waals surface area contributed by atoms with E-state index in [4.69, 9.17) is 0 Å². The topological polar surface area (TPSA) is 3.88 Å². The Labute approximate surface area is 74.5 Å². The average molecular weight is 246 g/mol. The Morgan fingerprint density at radius 3 is 3.00 bits per heavy atom. The minimum Gasteiger partial charge on any atom is -0.190 e. The highest BCUT2D eigenvalue weighted by molar-refractivity contribution is 14.1. The molecule has 1 aromatic rings. The highest BCUT2D eigenvalue weighted by atomic mass is 127.